The number of anilines is 3. The van der Waals surface area contributed by atoms with Crippen molar-refractivity contribution in [3.05, 3.63) is 223 Å². The summed E-state index contributed by atoms with van der Waals surface area (Å²) in [6.45, 7) is 4.74. The van der Waals surface area contributed by atoms with Crippen molar-refractivity contribution in [3.63, 3.8) is 0 Å². The number of para-hydroxylation sites is 1. The molecule has 1 aliphatic rings. The van der Waals surface area contributed by atoms with Crippen LogP contribution in [0.3, 0.4) is 0 Å². The highest BCUT2D eigenvalue weighted by atomic mass is 15.1. The van der Waals surface area contributed by atoms with Crippen molar-refractivity contribution >= 4 is 70.9 Å². The standard InChI is InChI=1S/C59H41N/c1-59(2)54-21-11-9-19-49(54)50-34-32-46(37-55(50)59)60(45-30-27-39(28-31-45)43-25-23-38-13-3-4-16-42(38)35-43)56-22-12-10-20-51(56)53-36-44-26-24-40-14-5-7-17-47(40)57(44)58-48-18-8-6-15-41(48)29-33-52(53)58/h3-37H,1-2H3. The second-order valence-electron chi connectivity index (χ2n) is 16.9. The largest absolute Gasteiger partial charge is 0.310 e. The topological polar surface area (TPSA) is 3.24 Å². The first-order chi connectivity index (χ1) is 29.5. The minimum Gasteiger partial charge on any atom is -0.310 e. The molecule has 1 heteroatoms. The minimum absolute atomic E-state index is 0.133. The zero-order valence-corrected chi connectivity index (χ0v) is 33.7. The molecule has 0 atom stereocenters. The van der Waals surface area contributed by atoms with Crippen LogP contribution in [0.2, 0.25) is 0 Å². The van der Waals surface area contributed by atoms with Crippen molar-refractivity contribution in [2.24, 2.45) is 0 Å². The second-order valence-corrected chi connectivity index (χ2v) is 16.9. The number of nitrogens with zero attached hydrogens (tertiary/aromatic N) is 1. The SMILES string of the molecule is CC1(C)c2ccccc2-c2ccc(N(c3ccc(-c4ccc5ccccc5c4)cc3)c3ccccc3-c3cc4ccc5ccccc5c4c4c3ccc3ccccc34)cc21. The van der Waals surface area contributed by atoms with Gasteiger partial charge in [-0.3, -0.25) is 0 Å². The third-order valence-electron chi connectivity index (χ3n) is 13.2. The fourth-order valence-electron chi connectivity index (χ4n) is 10.2. The van der Waals surface area contributed by atoms with Crippen molar-refractivity contribution < 1.29 is 0 Å². The maximum absolute atomic E-state index is 2.48. The number of hydrogen-bond donors (Lipinski definition) is 0. The Balaban J connectivity index is 1.10. The Bertz CT molecular complexity index is 3520. The first kappa shape index (κ1) is 34.6. The van der Waals surface area contributed by atoms with Crippen molar-refractivity contribution in [2.45, 2.75) is 19.3 Å². The van der Waals surface area contributed by atoms with Gasteiger partial charge in [0, 0.05) is 22.4 Å². The molecule has 0 saturated carbocycles. The van der Waals surface area contributed by atoms with Crippen LogP contribution in [0, 0.1) is 0 Å². The Hall–Kier alpha value is -7.48. The van der Waals surface area contributed by atoms with Crippen LogP contribution in [0.25, 0.3) is 87.2 Å². The van der Waals surface area contributed by atoms with Crippen LogP contribution in [0.5, 0.6) is 0 Å². The average Bonchev–Trinajstić information content (AvgIpc) is 3.54. The predicted octanol–water partition coefficient (Wildman–Crippen LogP) is 16.6. The summed E-state index contributed by atoms with van der Waals surface area (Å²) in [5, 5.41) is 12.7. The fourth-order valence-corrected chi connectivity index (χ4v) is 10.2. The summed E-state index contributed by atoms with van der Waals surface area (Å²) in [6, 6.07) is 78.9. The maximum atomic E-state index is 2.48. The number of fused-ring (bicyclic) bond motifs is 11. The van der Waals surface area contributed by atoms with Gasteiger partial charge in [0.05, 0.1) is 5.69 Å². The van der Waals surface area contributed by atoms with Crippen LogP contribution in [0.1, 0.15) is 25.0 Å². The van der Waals surface area contributed by atoms with E-state index >= 15 is 0 Å². The zero-order valence-electron chi connectivity index (χ0n) is 33.7. The quantitative estimate of drug-likeness (QED) is 0.158. The van der Waals surface area contributed by atoms with E-state index in [0.717, 1.165) is 17.1 Å². The molecule has 282 valence electrons. The monoisotopic (exact) mass is 763 g/mol. The molecule has 12 rings (SSSR count). The summed E-state index contributed by atoms with van der Waals surface area (Å²) in [5.74, 6) is 0. The highest BCUT2D eigenvalue weighted by Gasteiger charge is 2.36. The van der Waals surface area contributed by atoms with Crippen LogP contribution in [-0.4, -0.2) is 0 Å². The summed E-state index contributed by atoms with van der Waals surface area (Å²) in [4.78, 5) is 2.48. The van der Waals surface area contributed by atoms with Crippen LogP contribution in [0.4, 0.5) is 17.1 Å². The molecule has 0 aromatic heterocycles. The smallest absolute Gasteiger partial charge is 0.0540 e. The van der Waals surface area contributed by atoms with Crippen LogP contribution < -0.4 is 4.90 Å². The van der Waals surface area contributed by atoms with Gasteiger partial charge in [-0.05, 0) is 135 Å². The fraction of sp³-hybridized carbons (Fsp3) is 0.0508. The average molecular weight is 764 g/mol. The molecular formula is C59H41N. The Morgan fingerprint density at radius 3 is 1.68 bits per heavy atom. The van der Waals surface area contributed by atoms with Gasteiger partial charge in [0.25, 0.3) is 0 Å². The van der Waals surface area contributed by atoms with Crippen molar-refractivity contribution in [2.75, 3.05) is 4.90 Å². The molecule has 0 amide bonds. The molecule has 0 radical (unpaired) electrons. The van der Waals surface area contributed by atoms with Gasteiger partial charge >= 0.3 is 0 Å². The number of hydrogen-bond acceptors (Lipinski definition) is 1. The summed E-state index contributed by atoms with van der Waals surface area (Å²) in [5.41, 5.74) is 13.5. The first-order valence-corrected chi connectivity index (χ1v) is 21.0. The Labute approximate surface area is 350 Å². The Kier molecular flexibility index (Phi) is 7.65. The van der Waals surface area contributed by atoms with Gasteiger partial charge in [0.2, 0.25) is 0 Å². The predicted molar refractivity (Wildman–Crippen MR) is 257 cm³/mol. The van der Waals surface area contributed by atoms with Gasteiger partial charge in [0.1, 0.15) is 0 Å². The van der Waals surface area contributed by atoms with Crippen molar-refractivity contribution in [1.82, 2.24) is 0 Å². The van der Waals surface area contributed by atoms with Gasteiger partial charge < -0.3 is 4.90 Å². The van der Waals surface area contributed by atoms with E-state index in [2.05, 4.69) is 231 Å². The molecule has 0 unspecified atom stereocenters. The number of benzene rings is 11. The molecule has 60 heavy (non-hydrogen) atoms. The summed E-state index contributed by atoms with van der Waals surface area (Å²) >= 11 is 0. The van der Waals surface area contributed by atoms with E-state index in [1.807, 2.05) is 0 Å². The Morgan fingerprint density at radius 2 is 0.883 bits per heavy atom. The Morgan fingerprint density at radius 1 is 0.317 bits per heavy atom. The molecular weight excluding hydrogens is 723 g/mol. The molecule has 0 heterocycles. The molecule has 1 nitrogen and oxygen atoms in total. The lowest BCUT2D eigenvalue weighted by Gasteiger charge is -2.30. The van der Waals surface area contributed by atoms with Crippen LogP contribution in [0.15, 0.2) is 212 Å². The minimum atomic E-state index is -0.133. The lowest BCUT2D eigenvalue weighted by atomic mass is 9.82. The van der Waals surface area contributed by atoms with E-state index in [9.17, 15) is 0 Å². The third-order valence-corrected chi connectivity index (χ3v) is 13.2. The lowest BCUT2D eigenvalue weighted by Crippen LogP contribution is -2.16. The van der Waals surface area contributed by atoms with Gasteiger partial charge in [0.15, 0.2) is 0 Å². The van der Waals surface area contributed by atoms with E-state index in [4.69, 9.17) is 0 Å². The van der Waals surface area contributed by atoms with E-state index < -0.39 is 0 Å². The van der Waals surface area contributed by atoms with Crippen LogP contribution >= 0.6 is 0 Å². The van der Waals surface area contributed by atoms with Crippen molar-refractivity contribution in [3.8, 4) is 33.4 Å². The molecule has 0 spiro atoms. The normalized spacial score (nSPS) is 13.0. The molecule has 11 aromatic rings. The second kappa shape index (κ2) is 13.3. The summed E-state index contributed by atoms with van der Waals surface area (Å²) in [6.07, 6.45) is 0. The molecule has 0 fully saturated rings. The van der Waals surface area contributed by atoms with E-state index in [1.165, 1.54) is 98.4 Å². The van der Waals surface area contributed by atoms with Gasteiger partial charge in [-0.1, -0.05) is 184 Å². The van der Waals surface area contributed by atoms with E-state index in [-0.39, 0.29) is 5.41 Å². The highest BCUT2D eigenvalue weighted by Crippen LogP contribution is 2.52. The van der Waals surface area contributed by atoms with Gasteiger partial charge in [-0.25, -0.2) is 0 Å². The zero-order chi connectivity index (χ0) is 40.0. The molecule has 1 aliphatic carbocycles. The maximum Gasteiger partial charge on any atom is 0.0540 e. The molecule has 0 N–H and O–H groups in total. The van der Waals surface area contributed by atoms with Crippen LogP contribution in [-0.2, 0) is 5.41 Å². The number of rotatable bonds is 5. The highest BCUT2D eigenvalue weighted by molar-refractivity contribution is 6.30. The lowest BCUT2D eigenvalue weighted by molar-refractivity contribution is 0.660. The summed E-state index contributed by atoms with van der Waals surface area (Å²) in [7, 11) is 0. The van der Waals surface area contributed by atoms with Gasteiger partial charge in [-0.15, -0.1) is 0 Å². The molecule has 0 aliphatic heterocycles. The first-order valence-electron chi connectivity index (χ1n) is 21.0. The van der Waals surface area contributed by atoms with Gasteiger partial charge in [-0.2, -0.15) is 0 Å². The van der Waals surface area contributed by atoms with Crippen molar-refractivity contribution in [1.29, 1.82) is 0 Å². The third kappa shape index (κ3) is 5.26. The molecule has 11 aromatic carbocycles. The van der Waals surface area contributed by atoms with E-state index in [1.54, 1.807) is 0 Å². The summed E-state index contributed by atoms with van der Waals surface area (Å²) < 4.78 is 0. The molecule has 0 saturated heterocycles. The van der Waals surface area contributed by atoms with E-state index in [0.29, 0.717) is 0 Å². The molecule has 0 bridgehead atoms.